The predicted molar refractivity (Wildman–Crippen MR) is 78.2 cm³/mol. The zero-order valence-electron chi connectivity index (χ0n) is 11.8. The molecule has 4 heteroatoms. The van der Waals surface area contributed by atoms with Crippen LogP contribution in [0, 0.1) is 10.1 Å². The van der Waals surface area contributed by atoms with Crippen molar-refractivity contribution in [1.82, 2.24) is 0 Å². The maximum Gasteiger partial charge on any atom is 0.269 e. The number of methoxy groups -OCH3 is 1. The van der Waals surface area contributed by atoms with E-state index >= 15 is 0 Å². The second-order valence-corrected chi connectivity index (χ2v) is 5.16. The maximum absolute atomic E-state index is 10.9. The van der Waals surface area contributed by atoms with E-state index in [0.717, 1.165) is 16.9 Å². The molecule has 0 aliphatic rings. The Kier molecular flexibility index (Phi) is 3.74. The van der Waals surface area contributed by atoms with Crippen LogP contribution in [0.1, 0.15) is 25.0 Å². The number of nitro benzene ring substituents is 1. The van der Waals surface area contributed by atoms with E-state index in [2.05, 4.69) is 0 Å². The van der Waals surface area contributed by atoms with Gasteiger partial charge in [0.15, 0.2) is 0 Å². The SMILES string of the molecule is COc1ccc(C(C)(C)c2cccc([N+](=O)[O-])c2)cc1. The number of ether oxygens (including phenoxy) is 1. The summed E-state index contributed by atoms with van der Waals surface area (Å²) in [6.45, 7) is 4.10. The molecule has 0 fully saturated rings. The van der Waals surface area contributed by atoms with E-state index in [9.17, 15) is 10.1 Å². The zero-order valence-corrected chi connectivity index (χ0v) is 11.8. The Morgan fingerprint density at radius 3 is 2.25 bits per heavy atom. The van der Waals surface area contributed by atoms with Crippen LogP contribution in [0.2, 0.25) is 0 Å². The van der Waals surface area contributed by atoms with Crippen molar-refractivity contribution in [3.05, 3.63) is 69.8 Å². The summed E-state index contributed by atoms with van der Waals surface area (Å²) in [5.74, 6) is 0.795. The van der Waals surface area contributed by atoms with Crippen LogP contribution >= 0.6 is 0 Å². The van der Waals surface area contributed by atoms with Gasteiger partial charge in [0.25, 0.3) is 5.69 Å². The minimum Gasteiger partial charge on any atom is -0.497 e. The van der Waals surface area contributed by atoms with Gasteiger partial charge in [0.05, 0.1) is 12.0 Å². The first-order valence-electron chi connectivity index (χ1n) is 6.34. The molecule has 2 aromatic carbocycles. The van der Waals surface area contributed by atoms with Gasteiger partial charge >= 0.3 is 0 Å². The van der Waals surface area contributed by atoms with Crippen LogP contribution in [0.3, 0.4) is 0 Å². The fourth-order valence-corrected chi connectivity index (χ4v) is 2.18. The van der Waals surface area contributed by atoms with Gasteiger partial charge in [0.1, 0.15) is 5.75 Å². The Hall–Kier alpha value is -2.36. The van der Waals surface area contributed by atoms with Crippen LogP contribution in [-0.2, 0) is 5.41 Å². The maximum atomic E-state index is 10.9. The highest BCUT2D eigenvalue weighted by molar-refractivity contribution is 5.44. The van der Waals surface area contributed by atoms with Crippen LogP contribution < -0.4 is 4.74 Å². The lowest BCUT2D eigenvalue weighted by Gasteiger charge is -2.26. The molecule has 0 atom stereocenters. The lowest BCUT2D eigenvalue weighted by molar-refractivity contribution is -0.384. The molecule has 0 radical (unpaired) electrons. The van der Waals surface area contributed by atoms with Gasteiger partial charge in [-0.1, -0.05) is 38.1 Å². The molecule has 0 saturated carbocycles. The van der Waals surface area contributed by atoms with Crippen LogP contribution in [-0.4, -0.2) is 12.0 Å². The van der Waals surface area contributed by atoms with E-state index in [1.54, 1.807) is 19.2 Å². The smallest absolute Gasteiger partial charge is 0.269 e. The third-order valence-corrected chi connectivity index (χ3v) is 3.59. The molecular formula is C16H17NO3. The van der Waals surface area contributed by atoms with Crippen LogP contribution in [0.4, 0.5) is 5.69 Å². The summed E-state index contributed by atoms with van der Waals surface area (Å²) >= 11 is 0. The second kappa shape index (κ2) is 5.33. The zero-order chi connectivity index (χ0) is 14.8. The largest absolute Gasteiger partial charge is 0.497 e. The van der Waals surface area contributed by atoms with Gasteiger partial charge in [-0.3, -0.25) is 10.1 Å². The third kappa shape index (κ3) is 2.64. The van der Waals surface area contributed by atoms with E-state index in [0.29, 0.717) is 0 Å². The van der Waals surface area contributed by atoms with E-state index < -0.39 is 0 Å². The normalized spacial score (nSPS) is 11.2. The summed E-state index contributed by atoms with van der Waals surface area (Å²) in [6, 6.07) is 14.5. The highest BCUT2D eigenvalue weighted by atomic mass is 16.6. The topological polar surface area (TPSA) is 52.4 Å². The molecule has 2 rings (SSSR count). The molecule has 104 valence electrons. The van der Waals surface area contributed by atoms with E-state index in [1.165, 1.54) is 6.07 Å². The minimum absolute atomic E-state index is 0.115. The first-order chi connectivity index (χ1) is 9.45. The lowest BCUT2D eigenvalue weighted by atomic mass is 9.78. The summed E-state index contributed by atoms with van der Waals surface area (Å²) in [5, 5.41) is 10.9. The van der Waals surface area contributed by atoms with Crippen molar-refractivity contribution in [2.45, 2.75) is 19.3 Å². The molecule has 2 aromatic rings. The molecule has 0 aliphatic heterocycles. The summed E-state index contributed by atoms with van der Waals surface area (Å²) < 4.78 is 5.15. The molecule has 0 aliphatic carbocycles. The number of hydrogen-bond donors (Lipinski definition) is 0. The summed E-state index contributed by atoms with van der Waals surface area (Å²) in [4.78, 5) is 10.5. The molecule has 0 heterocycles. The van der Waals surface area contributed by atoms with Crippen LogP contribution in [0.25, 0.3) is 0 Å². The number of rotatable bonds is 4. The van der Waals surface area contributed by atoms with Gasteiger partial charge in [0, 0.05) is 17.5 Å². The predicted octanol–water partition coefficient (Wildman–Crippen LogP) is 3.93. The highest BCUT2D eigenvalue weighted by Gasteiger charge is 2.24. The highest BCUT2D eigenvalue weighted by Crippen LogP contribution is 2.33. The molecular weight excluding hydrogens is 254 g/mol. The van der Waals surface area contributed by atoms with Gasteiger partial charge in [-0.05, 0) is 23.3 Å². The molecule has 0 amide bonds. The van der Waals surface area contributed by atoms with E-state index in [4.69, 9.17) is 4.74 Å². The van der Waals surface area contributed by atoms with Gasteiger partial charge in [-0.2, -0.15) is 0 Å². The molecule has 0 unspecified atom stereocenters. The number of non-ortho nitro benzene ring substituents is 1. The van der Waals surface area contributed by atoms with Crippen LogP contribution in [0.5, 0.6) is 5.75 Å². The first kappa shape index (κ1) is 14.1. The van der Waals surface area contributed by atoms with Gasteiger partial charge in [-0.15, -0.1) is 0 Å². The molecule has 0 bridgehead atoms. The Balaban J connectivity index is 2.42. The molecule has 0 spiro atoms. The quantitative estimate of drug-likeness (QED) is 0.625. The Morgan fingerprint density at radius 2 is 1.70 bits per heavy atom. The summed E-state index contributed by atoms with van der Waals surface area (Å²) in [5.41, 5.74) is 1.80. The van der Waals surface area contributed by atoms with Crippen molar-refractivity contribution in [3.8, 4) is 5.75 Å². The number of benzene rings is 2. The summed E-state index contributed by atoms with van der Waals surface area (Å²) in [6.07, 6.45) is 0. The molecule has 20 heavy (non-hydrogen) atoms. The molecule has 0 saturated heterocycles. The van der Waals surface area contributed by atoms with Crippen molar-refractivity contribution in [3.63, 3.8) is 0 Å². The summed E-state index contributed by atoms with van der Waals surface area (Å²) in [7, 11) is 1.63. The van der Waals surface area contributed by atoms with Crippen molar-refractivity contribution in [2.24, 2.45) is 0 Å². The fraction of sp³-hybridized carbons (Fsp3) is 0.250. The van der Waals surface area contributed by atoms with Crippen molar-refractivity contribution >= 4 is 5.69 Å². The Bertz CT molecular complexity index is 618. The third-order valence-electron chi connectivity index (χ3n) is 3.59. The Labute approximate surface area is 118 Å². The van der Waals surface area contributed by atoms with Gasteiger partial charge in [0.2, 0.25) is 0 Å². The van der Waals surface area contributed by atoms with Crippen molar-refractivity contribution in [1.29, 1.82) is 0 Å². The monoisotopic (exact) mass is 271 g/mol. The van der Waals surface area contributed by atoms with Gasteiger partial charge < -0.3 is 4.74 Å². The molecule has 4 nitrogen and oxygen atoms in total. The van der Waals surface area contributed by atoms with E-state index in [-0.39, 0.29) is 16.0 Å². The average molecular weight is 271 g/mol. The van der Waals surface area contributed by atoms with Gasteiger partial charge in [-0.25, -0.2) is 0 Å². The Morgan fingerprint density at radius 1 is 1.05 bits per heavy atom. The number of hydrogen-bond acceptors (Lipinski definition) is 3. The number of nitro groups is 1. The minimum atomic E-state index is -0.367. The fourth-order valence-electron chi connectivity index (χ4n) is 2.18. The molecule has 0 aromatic heterocycles. The number of nitrogens with zero attached hydrogens (tertiary/aromatic N) is 1. The van der Waals surface area contributed by atoms with Crippen molar-refractivity contribution in [2.75, 3.05) is 7.11 Å². The standard InChI is InChI=1S/C16H17NO3/c1-16(2,12-7-9-15(20-3)10-8-12)13-5-4-6-14(11-13)17(18)19/h4-11H,1-3H3. The molecule has 0 N–H and O–H groups in total. The van der Waals surface area contributed by atoms with Crippen molar-refractivity contribution < 1.29 is 9.66 Å². The average Bonchev–Trinajstić information content (AvgIpc) is 2.47. The second-order valence-electron chi connectivity index (χ2n) is 5.16. The first-order valence-corrected chi connectivity index (χ1v) is 6.34. The van der Waals surface area contributed by atoms with E-state index in [1.807, 2.05) is 44.2 Å². The lowest BCUT2D eigenvalue weighted by Crippen LogP contribution is -2.18. The van der Waals surface area contributed by atoms with Crippen LogP contribution in [0.15, 0.2) is 48.5 Å².